The van der Waals surface area contributed by atoms with Crippen molar-refractivity contribution in [3.8, 4) is 5.69 Å². The van der Waals surface area contributed by atoms with Crippen LogP contribution in [-0.2, 0) is 25.3 Å². The molecule has 0 aliphatic carbocycles. The molecule has 0 fully saturated rings. The van der Waals surface area contributed by atoms with Crippen LogP contribution in [0.4, 0.5) is 5.69 Å². The van der Waals surface area contributed by atoms with Crippen LogP contribution in [0, 0.1) is 6.92 Å². The Bertz CT molecular complexity index is 1290. The van der Waals surface area contributed by atoms with Crippen LogP contribution in [0.1, 0.15) is 23.3 Å². The molecule has 3 heterocycles. The van der Waals surface area contributed by atoms with Crippen molar-refractivity contribution in [2.45, 2.75) is 30.7 Å². The molecule has 0 spiro atoms. The second kappa shape index (κ2) is 9.17. The number of nitrogens with one attached hydrogen (secondary N) is 1. The Kier molecular flexibility index (Phi) is 6.33. The van der Waals surface area contributed by atoms with Gasteiger partial charge in [0.25, 0.3) is 5.56 Å². The third kappa shape index (κ3) is 4.28. The maximum atomic E-state index is 13.0. The molecule has 0 saturated carbocycles. The van der Waals surface area contributed by atoms with Crippen LogP contribution in [0.5, 0.6) is 0 Å². The van der Waals surface area contributed by atoms with Crippen LogP contribution in [0.3, 0.4) is 0 Å². The highest BCUT2D eigenvalue weighted by Crippen LogP contribution is 2.24. The summed E-state index contributed by atoms with van der Waals surface area (Å²) in [6, 6.07) is 13.4. The summed E-state index contributed by atoms with van der Waals surface area (Å²) in [4.78, 5) is 27.1. The molecular formula is C22H24N6O2S2. The summed E-state index contributed by atoms with van der Waals surface area (Å²) in [7, 11) is 3.70. The molecule has 3 aromatic heterocycles. The van der Waals surface area contributed by atoms with E-state index in [2.05, 4.69) is 21.6 Å². The van der Waals surface area contributed by atoms with E-state index in [9.17, 15) is 9.59 Å². The fraction of sp³-hybridized carbons (Fsp3) is 0.273. The zero-order valence-electron chi connectivity index (χ0n) is 18.3. The molecule has 1 N–H and O–H groups in total. The van der Waals surface area contributed by atoms with E-state index in [-0.39, 0.29) is 17.2 Å². The fourth-order valence-corrected chi connectivity index (χ4v) is 4.85. The third-order valence-electron chi connectivity index (χ3n) is 5.29. The average Bonchev–Trinajstić information content (AvgIpc) is 3.47. The van der Waals surface area contributed by atoms with Gasteiger partial charge in [0.2, 0.25) is 5.91 Å². The van der Waals surface area contributed by atoms with E-state index in [4.69, 9.17) is 0 Å². The molecule has 0 saturated heterocycles. The lowest BCUT2D eigenvalue weighted by Gasteiger charge is -2.11. The zero-order valence-corrected chi connectivity index (χ0v) is 19.9. The minimum absolute atomic E-state index is 0.260. The predicted molar refractivity (Wildman–Crippen MR) is 128 cm³/mol. The van der Waals surface area contributed by atoms with E-state index in [1.54, 1.807) is 34.7 Å². The number of thioether (sulfide) groups is 1. The largest absolute Gasteiger partial charge is 0.319 e. The smallest absolute Gasteiger partial charge is 0.295 e. The monoisotopic (exact) mass is 468 g/mol. The van der Waals surface area contributed by atoms with Gasteiger partial charge in [0.05, 0.1) is 16.6 Å². The normalized spacial score (nSPS) is 12.1. The standard InChI is InChI=1S/C22H24N6O2S2/c1-14-19(21(30)28(27(14)4)16-9-6-5-7-10-16)23-20(29)15(2)32-22-25-24-18(26(22)3)13-17-11-8-12-31-17/h5-12,15H,13H2,1-4H3,(H,23,29). The first-order chi connectivity index (χ1) is 15.4. The van der Waals surface area contributed by atoms with E-state index < -0.39 is 5.25 Å². The van der Waals surface area contributed by atoms with Crippen LogP contribution in [-0.4, -0.2) is 35.3 Å². The minimum Gasteiger partial charge on any atom is -0.319 e. The maximum Gasteiger partial charge on any atom is 0.295 e. The highest BCUT2D eigenvalue weighted by molar-refractivity contribution is 8.00. The van der Waals surface area contributed by atoms with Crippen molar-refractivity contribution in [1.82, 2.24) is 24.1 Å². The van der Waals surface area contributed by atoms with Crippen LogP contribution < -0.4 is 10.9 Å². The summed E-state index contributed by atoms with van der Waals surface area (Å²) in [5.41, 5.74) is 1.44. The number of amides is 1. The second-order valence-corrected chi connectivity index (χ2v) is 9.74. The van der Waals surface area contributed by atoms with Gasteiger partial charge in [0, 0.05) is 25.4 Å². The zero-order chi connectivity index (χ0) is 22.8. The van der Waals surface area contributed by atoms with Crippen LogP contribution in [0.15, 0.2) is 57.8 Å². The number of hydrogen-bond acceptors (Lipinski definition) is 6. The molecule has 0 aliphatic heterocycles. The highest BCUT2D eigenvalue weighted by Gasteiger charge is 2.23. The minimum atomic E-state index is -0.461. The van der Waals surface area contributed by atoms with Gasteiger partial charge in [0.15, 0.2) is 5.16 Å². The second-order valence-electron chi connectivity index (χ2n) is 7.40. The van der Waals surface area contributed by atoms with E-state index in [1.165, 1.54) is 16.6 Å². The van der Waals surface area contributed by atoms with Crippen molar-refractivity contribution in [2.75, 3.05) is 5.32 Å². The lowest BCUT2D eigenvalue weighted by molar-refractivity contribution is -0.115. The first-order valence-corrected chi connectivity index (χ1v) is 11.8. The topological polar surface area (TPSA) is 86.7 Å². The molecule has 1 atom stereocenters. The van der Waals surface area contributed by atoms with Crippen molar-refractivity contribution in [3.05, 3.63) is 74.6 Å². The molecule has 0 radical (unpaired) electrons. The lowest BCUT2D eigenvalue weighted by atomic mass is 10.3. The number of para-hydroxylation sites is 1. The highest BCUT2D eigenvalue weighted by atomic mass is 32.2. The molecule has 1 amide bonds. The van der Waals surface area contributed by atoms with Gasteiger partial charge in [-0.1, -0.05) is 36.0 Å². The van der Waals surface area contributed by atoms with E-state index in [1.807, 2.05) is 60.3 Å². The number of hydrogen-bond donors (Lipinski definition) is 1. The van der Waals surface area contributed by atoms with Crippen molar-refractivity contribution in [3.63, 3.8) is 0 Å². The Hall–Kier alpha value is -3.11. The average molecular weight is 469 g/mol. The predicted octanol–water partition coefficient (Wildman–Crippen LogP) is 3.38. The number of aromatic nitrogens is 5. The van der Waals surface area contributed by atoms with Gasteiger partial charge in [-0.05, 0) is 37.4 Å². The summed E-state index contributed by atoms with van der Waals surface area (Å²) in [6.45, 7) is 3.61. The van der Waals surface area contributed by atoms with E-state index >= 15 is 0 Å². The Balaban J connectivity index is 1.49. The number of benzene rings is 1. The Morgan fingerprint density at radius 2 is 1.91 bits per heavy atom. The summed E-state index contributed by atoms with van der Waals surface area (Å²) >= 11 is 2.99. The SMILES string of the molecule is Cc1c(NC(=O)C(C)Sc2nnc(Cc3cccs3)n2C)c(=O)n(-c2ccccc2)n1C. The number of carbonyl (C=O) groups is 1. The van der Waals surface area contributed by atoms with E-state index in [0.717, 1.165) is 11.5 Å². The summed E-state index contributed by atoms with van der Waals surface area (Å²) < 4.78 is 5.19. The first-order valence-electron chi connectivity index (χ1n) is 10.1. The molecule has 8 nitrogen and oxygen atoms in total. The lowest BCUT2D eigenvalue weighted by Crippen LogP contribution is -2.27. The summed E-state index contributed by atoms with van der Waals surface area (Å²) in [5, 5.41) is 13.6. The first kappa shape index (κ1) is 22.1. The fourth-order valence-electron chi connectivity index (χ4n) is 3.32. The van der Waals surface area contributed by atoms with Crippen LogP contribution in [0.25, 0.3) is 5.69 Å². The molecule has 1 aromatic carbocycles. The van der Waals surface area contributed by atoms with Crippen molar-refractivity contribution >= 4 is 34.7 Å². The third-order valence-corrected chi connectivity index (χ3v) is 7.30. The summed E-state index contributed by atoms with van der Waals surface area (Å²) in [6.07, 6.45) is 0.699. The molecule has 1 unspecified atom stereocenters. The van der Waals surface area contributed by atoms with E-state index in [0.29, 0.717) is 17.3 Å². The van der Waals surface area contributed by atoms with Gasteiger partial charge in [-0.25, -0.2) is 4.68 Å². The quantitative estimate of drug-likeness (QED) is 0.420. The van der Waals surface area contributed by atoms with Gasteiger partial charge >= 0.3 is 0 Å². The van der Waals surface area contributed by atoms with Gasteiger partial charge in [0.1, 0.15) is 11.5 Å². The number of carbonyl (C=O) groups excluding carboxylic acids is 1. The van der Waals surface area contributed by atoms with Gasteiger partial charge in [-0.2, -0.15) is 0 Å². The van der Waals surface area contributed by atoms with Gasteiger partial charge in [-0.3, -0.25) is 14.3 Å². The molecule has 4 rings (SSSR count). The number of anilines is 1. The number of thiophene rings is 1. The Morgan fingerprint density at radius 1 is 1.16 bits per heavy atom. The van der Waals surface area contributed by atoms with Crippen molar-refractivity contribution in [2.24, 2.45) is 14.1 Å². The molecule has 10 heteroatoms. The maximum absolute atomic E-state index is 13.0. The Morgan fingerprint density at radius 3 is 2.59 bits per heavy atom. The molecule has 4 aromatic rings. The molecular weight excluding hydrogens is 444 g/mol. The molecule has 0 bridgehead atoms. The number of nitrogens with zero attached hydrogens (tertiary/aromatic N) is 5. The number of rotatable bonds is 7. The van der Waals surface area contributed by atoms with Gasteiger partial charge < -0.3 is 9.88 Å². The van der Waals surface area contributed by atoms with Crippen molar-refractivity contribution in [1.29, 1.82) is 0 Å². The van der Waals surface area contributed by atoms with Crippen molar-refractivity contribution < 1.29 is 4.79 Å². The molecule has 166 valence electrons. The summed E-state index contributed by atoms with van der Waals surface area (Å²) in [5.74, 6) is 0.580. The molecule has 0 aliphatic rings. The molecule has 32 heavy (non-hydrogen) atoms. The van der Waals surface area contributed by atoms with Crippen LogP contribution >= 0.6 is 23.1 Å². The van der Waals surface area contributed by atoms with Gasteiger partial charge in [-0.15, -0.1) is 21.5 Å². The van der Waals surface area contributed by atoms with Crippen LogP contribution in [0.2, 0.25) is 0 Å². The Labute approximate surface area is 193 Å².